The number of carbonyl (C=O) groups excluding carboxylic acids is 7. The molecule has 0 saturated carbocycles. The summed E-state index contributed by atoms with van der Waals surface area (Å²) in [6.07, 6.45) is 9.78. The van der Waals surface area contributed by atoms with Crippen molar-refractivity contribution in [2.75, 3.05) is 81.4 Å². The Kier molecular flexibility index (Phi) is 24.2. The first kappa shape index (κ1) is 53.6. The van der Waals surface area contributed by atoms with E-state index < -0.39 is 5.91 Å². The number of rotatable bonds is 34. The Hall–Kier alpha value is -4.31. The van der Waals surface area contributed by atoms with Crippen LogP contribution >= 0.6 is 23.5 Å². The van der Waals surface area contributed by atoms with Crippen LogP contribution in [0.25, 0.3) is 0 Å². The van der Waals surface area contributed by atoms with Crippen LogP contribution in [0.2, 0.25) is 0 Å². The summed E-state index contributed by atoms with van der Waals surface area (Å²) in [7, 11) is 0. The lowest BCUT2D eigenvalue weighted by molar-refractivity contribution is -0.122. The van der Waals surface area contributed by atoms with Crippen molar-refractivity contribution in [2.24, 2.45) is 0 Å². The molecule has 5 rings (SSSR count). The van der Waals surface area contributed by atoms with Crippen molar-refractivity contribution in [3.63, 3.8) is 0 Å². The molecular formula is C46H73N9O10S2. The van der Waals surface area contributed by atoms with Crippen molar-refractivity contribution in [1.82, 2.24) is 37.2 Å². The van der Waals surface area contributed by atoms with E-state index in [4.69, 9.17) is 14.2 Å². The van der Waals surface area contributed by atoms with Crippen molar-refractivity contribution < 1.29 is 47.8 Å². The molecule has 374 valence electrons. The number of unbranched alkanes of at least 4 members (excludes halogenated alkanes) is 4. The molecule has 1 aromatic carbocycles. The average molecular weight is 976 g/mol. The number of amides is 9. The third-order valence-corrected chi connectivity index (χ3v) is 14.9. The van der Waals surface area contributed by atoms with E-state index in [1.807, 2.05) is 30.4 Å². The number of benzene rings is 1. The minimum atomic E-state index is -0.401. The third kappa shape index (κ3) is 20.1. The highest BCUT2D eigenvalue weighted by Gasteiger charge is 2.43. The smallest absolute Gasteiger partial charge is 0.315 e. The second-order valence-electron chi connectivity index (χ2n) is 17.3. The summed E-state index contributed by atoms with van der Waals surface area (Å²) in [5, 5.41) is 27.1. The Labute approximate surface area is 403 Å². The van der Waals surface area contributed by atoms with E-state index >= 15 is 0 Å². The number of hydrogen-bond acceptors (Lipinski definition) is 12. The second kappa shape index (κ2) is 30.2. The summed E-state index contributed by atoms with van der Waals surface area (Å²) in [5.41, 5.74) is 0.953. The zero-order valence-electron chi connectivity index (χ0n) is 39.0. The molecule has 67 heavy (non-hydrogen) atoms. The summed E-state index contributed by atoms with van der Waals surface area (Å²) < 4.78 is 16.4. The Balaban J connectivity index is 0.971. The van der Waals surface area contributed by atoms with Gasteiger partial charge in [-0.1, -0.05) is 19.8 Å². The first-order valence-electron chi connectivity index (χ1n) is 24.2. The van der Waals surface area contributed by atoms with Crippen molar-refractivity contribution in [2.45, 2.75) is 138 Å². The van der Waals surface area contributed by atoms with Crippen LogP contribution in [-0.2, 0) is 33.4 Å². The number of anilines is 2. The van der Waals surface area contributed by atoms with Crippen LogP contribution in [0.15, 0.2) is 18.2 Å². The van der Waals surface area contributed by atoms with Gasteiger partial charge in [-0.2, -0.15) is 23.5 Å². The summed E-state index contributed by atoms with van der Waals surface area (Å²) in [4.78, 5) is 87.3. The van der Waals surface area contributed by atoms with Gasteiger partial charge in [-0.15, -0.1) is 0 Å². The molecule has 4 aliphatic rings. The van der Waals surface area contributed by atoms with Gasteiger partial charge in [0.05, 0.1) is 57.2 Å². The molecule has 4 saturated heterocycles. The monoisotopic (exact) mass is 975 g/mol. The summed E-state index contributed by atoms with van der Waals surface area (Å²) in [6, 6.07) is 5.25. The lowest BCUT2D eigenvalue weighted by Crippen LogP contribution is -2.36. The first-order valence-corrected chi connectivity index (χ1v) is 26.3. The predicted molar refractivity (Wildman–Crippen MR) is 260 cm³/mol. The summed E-state index contributed by atoms with van der Waals surface area (Å²) in [5.74, 6) is 0.859. The molecule has 4 fully saturated rings. The van der Waals surface area contributed by atoms with E-state index in [-0.39, 0.29) is 91.4 Å². The van der Waals surface area contributed by atoms with Crippen LogP contribution in [0.4, 0.5) is 21.0 Å². The van der Waals surface area contributed by atoms with E-state index in [2.05, 4.69) is 47.9 Å². The summed E-state index contributed by atoms with van der Waals surface area (Å²) >= 11 is 3.74. The molecule has 19 nitrogen and oxygen atoms in total. The van der Waals surface area contributed by atoms with Crippen LogP contribution in [0.1, 0.15) is 114 Å². The highest BCUT2D eigenvalue weighted by atomic mass is 32.2. The van der Waals surface area contributed by atoms with Gasteiger partial charge < -0.3 is 62.1 Å². The number of thioether (sulfide) groups is 2. The van der Waals surface area contributed by atoms with Gasteiger partial charge in [-0.05, 0) is 76.0 Å². The van der Waals surface area contributed by atoms with Gasteiger partial charge in [0.1, 0.15) is 0 Å². The fourth-order valence-electron chi connectivity index (χ4n) is 8.38. The van der Waals surface area contributed by atoms with Crippen LogP contribution in [0.3, 0.4) is 0 Å². The standard InChI is InChI=1S/C46H73N9O10S2/c1-2-20-63-22-24-65-25-23-64-21-19-49-44(60)31-26-32(50-40(58)15-7-9-17-47-38(56)13-5-3-11-36-42-34(29-66-36)52-45(61)54-42)28-33(27-31)51-41(59)16-8-10-18-48-39(57)14-6-4-12-37-43-35(30-67-37)53-46(62)55-43/h26-28,34-37,42-43H,2-25,29-30H2,1H3,(H,47,56)(H,48,57)(H,49,60)(H,50,58)(H,51,59)(H2,52,54,61)(H2,53,55,62)/t34-,35-,36-,37-,42-,43-/m0/s1. The molecule has 0 unspecified atom stereocenters. The molecule has 9 N–H and O–H groups in total. The van der Waals surface area contributed by atoms with Crippen LogP contribution < -0.4 is 47.9 Å². The highest BCUT2D eigenvalue weighted by Crippen LogP contribution is 2.34. The molecule has 0 aliphatic carbocycles. The number of hydrogen-bond donors (Lipinski definition) is 9. The number of carbonyl (C=O) groups is 7. The Morgan fingerprint density at radius 2 is 0.985 bits per heavy atom. The van der Waals surface area contributed by atoms with Gasteiger partial charge >= 0.3 is 12.1 Å². The molecule has 4 aliphatic heterocycles. The largest absolute Gasteiger partial charge is 0.379 e. The van der Waals surface area contributed by atoms with E-state index in [9.17, 15) is 33.6 Å². The fraction of sp³-hybridized carbons (Fsp3) is 0.717. The second-order valence-corrected chi connectivity index (χ2v) is 19.9. The zero-order chi connectivity index (χ0) is 47.6. The lowest BCUT2D eigenvalue weighted by atomic mass is 10.0. The van der Waals surface area contributed by atoms with Gasteiger partial charge in [0.15, 0.2) is 0 Å². The van der Waals surface area contributed by atoms with Crippen molar-refractivity contribution in [3.8, 4) is 0 Å². The molecule has 0 spiro atoms. The molecule has 0 radical (unpaired) electrons. The van der Waals surface area contributed by atoms with Gasteiger partial charge in [0.25, 0.3) is 5.91 Å². The minimum absolute atomic E-state index is 0.0202. The van der Waals surface area contributed by atoms with Gasteiger partial charge in [0, 0.05) is 90.9 Å². The SMILES string of the molecule is CCCOCCOCCOCCNC(=O)c1cc(NC(=O)CCCCNC(=O)CCCC[C@@H]2SC[C@@H]3NC(=O)N[C@@H]32)cc(NC(=O)CCCCNC(=O)CCCC[C@@H]2SC[C@@H]3NC(=O)N[C@@H]32)c1. The third-order valence-electron chi connectivity index (χ3n) is 11.9. The van der Waals surface area contributed by atoms with E-state index in [0.717, 1.165) is 56.5 Å². The molecule has 1 aromatic rings. The Morgan fingerprint density at radius 1 is 0.537 bits per heavy atom. The Morgan fingerprint density at radius 3 is 1.48 bits per heavy atom. The number of nitrogens with one attached hydrogen (secondary N) is 9. The topological polar surface area (TPSA) is 255 Å². The maximum absolute atomic E-state index is 13.2. The van der Waals surface area contributed by atoms with Crippen molar-refractivity contribution in [1.29, 1.82) is 0 Å². The van der Waals surface area contributed by atoms with E-state index in [0.29, 0.717) is 107 Å². The molecule has 21 heteroatoms. The highest BCUT2D eigenvalue weighted by molar-refractivity contribution is 8.00. The van der Waals surface area contributed by atoms with Crippen LogP contribution in [0.5, 0.6) is 0 Å². The van der Waals surface area contributed by atoms with Gasteiger partial charge in [-0.25, -0.2) is 9.59 Å². The van der Waals surface area contributed by atoms with Crippen LogP contribution in [0, 0.1) is 0 Å². The van der Waals surface area contributed by atoms with Crippen LogP contribution in [-0.4, -0.2) is 147 Å². The Bertz CT molecular complexity index is 1680. The number of ether oxygens (including phenoxy) is 3. The maximum Gasteiger partial charge on any atom is 0.315 e. The first-order chi connectivity index (χ1) is 32.6. The quantitative estimate of drug-likeness (QED) is 0.0354. The van der Waals surface area contributed by atoms with E-state index in [1.165, 1.54) is 0 Å². The zero-order valence-corrected chi connectivity index (χ0v) is 40.6. The minimum Gasteiger partial charge on any atom is -0.379 e. The average Bonchev–Trinajstić information content (AvgIpc) is 4.07. The molecule has 9 amide bonds. The molecule has 6 atom stereocenters. The number of fused-ring (bicyclic) bond motifs is 2. The maximum atomic E-state index is 13.2. The van der Waals surface area contributed by atoms with Gasteiger partial charge in [0.2, 0.25) is 23.6 Å². The normalized spacial score (nSPS) is 21.3. The summed E-state index contributed by atoms with van der Waals surface area (Å²) in [6.45, 7) is 5.95. The molecule has 0 bridgehead atoms. The fourth-order valence-corrected chi connectivity index (χ4v) is 11.5. The number of urea groups is 2. The molecule has 0 aromatic heterocycles. The molecular weight excluding hydrogens is 903 g/mol. The van der Waals surface area contributed by atoms with E-state index in [1.54, 1.807) is 18.2 Å². The van der Waals surface area contributed by atoms with Crippen molar-refractivity contribution in [3.05, 3.63) is 23.8 Å². The lowest BCUT2D eigenvalue weighted by Gasteiger charge is -2.16. The van der Waals surface area contributed by atoms with Crippen molar-refractivity contribution >= 4 is 76.5 Å². The predicted octanol–water partition coefficient (Wildman–Crippen LogP) is 3.78. The van der Waals surface area contributed by atoms with Gasteiger partial charge in [-0.3, -0.25) is 24.0 Å². The molecule has 4 heterocycles.